The molecule has 0 unspecified atom stereocenters. The van der Waals surface area contributed by atoms with Crippen molar-refractivity contribution in [1.82, 2.24) is 9.55 Å². The lowest BCUT2D eigenvalue weighted by Crippen LogP contribution is -2.28. The number of hydrogen-bond acceptors (Lipinski definition) is 4. The van der Waals surface area contributed by atoms with Gasteiger partial charge in [0, 0.05) is 12.3 Å². The molecule has 18 heavy (non-hydrogen) atoms. The number of phenols is 1. The van der Waals surface area contributed by atoms with Crippen LogP contribution in [0.15, 0.2) is 40.1 Å². The van der Waals surface area contributed by atoms with Crippen LogP contribution in [0.25, 0.3) is 0 Å². The minimum atomic E-state index is -0.525. The summed E-state index contributed by atoms with van der Waals surface area (Å²) in [5.41, 5.74) is -0.159. The molecule has 0 saturated heterocycles. The maximum atomic E-state index is 11.5. The van der Waals surface area contributed by atoms with Crippen LogP contribution in [0.2, 0.25) is 0 Å². The summed E-state index contributed by atoms with van der Waals surface area (Å²) in [5.74, 6) is -0.109. The van der Waals surface area contributed by atoms with E-state index >= 15 is 0 Å². The summed E-state index contributed by atoms with van der Waals surface area (Å²) < 4.78 is 1.29. The fourth-order valence-corrected chi connectivity index (χ4v) is 1.56. The molecule has 0 fully saturated rings. The number of aromatic nitrogens is 2. The van der Waals surface area contributed by atoms with Gasteiger partial charge in [0.25, 0.3) is 5.56 Å². The number of nitrogens with one attached hydrogen (secondary N) is 1. The number of phenolic OH excluding ortho intramolecular Hbond substituents is 1. The second kappa shape index (κ2) is 4.70. The summed E-state index contributed by atoms with van der Waals surface area (Å²) in [7, 11) is 0. The third-order valence-electron chi connectivity index (χ3n) is 2.47. The van der Waals surface area contributed by atoms with Gasteiger partial charge in [0.05, 0.1) is 12.1 Å². The summed E-state index contributed by atoms with van der Waals surface area (Å²) >= 11 is 0. The molecule has 1 aromatic carbocycles. The van der Waals surface area contributed by atoms with Crippen molar-refractivity contribution >= 4 is 6.29 Å². The zero-order valence-electron chi connectivity index (χ0n) is 9.29. The zero-order chi connectivity index (χ0) is 13.1. The van der Waals surface area contributed by atoms with Gasteiger partial charge in [-0.15, -0.1) is 0 Å². The third kappa shape index (κ3) is 2.37. The summed E-state index contributed by atoms with van der Waals surface area (Å²) in [4.78, 5) is 35.1. The highest BCUT2D eigenvalue weighted by Gasteiger charge is 2.03. The number of carbonyl (C=O) groups is 1. The van der Waals surface area contributed by atoms with Gasteiger partial charge in [-0.1, -0.05) is 6.07 Å². The van der Waals surface area contributed by atoms with Crippen molar-refractivity contribution in [2.75, 3.05) is 0 Å². The van der Waals surface area contributed by atoms with E-state index < -0.39 is 11.2 Å². The number of aldehydes is 1. The maximum Gasteiger partial charge on any atom is 0.328 e. The van der Waals surface area contributed by atoms with E-state index in [2.05, 4.69) is 4.98 Å². The Hall–Kier alpha value is -2.63. The molecule has 2 rings (SSSR count). The first-order valence-corrected chi connectivity index (χ1v) is 5.17. The number of nitrogens with zero attached hydrogens (tertiary/aromatic N) is 1. The van der Waals surface area contributed by atoms with Gasteiger partial charge < -0.3 is 5.11 Å². The van der Waals surface area contributed by atoms with Crippen LogP contribution in [0, 0.1) is 0 Å². The smallest absolute Gasteiger partial charge is 0.328 e. The van der Waals surface area contributed by atoms with E-state index in [1.54, 1.807) is 6.07 Å². The standard InChI is InChI=1S/C12H10N2O4/c15-7-9-5-8(1-2-10(9)16)6-14-4-3-11(17)13-12(14)18/h1-5,7,16H,6H2,(H,13,17,18). The molecule has 0 radical (unpaired) electrons. The number of benzene rings is 1. The van der Waals surface area contributed by atoms with Crippen molar-refractivity contribution in [3.05, 3.63) is 62.4 Å². The largest absolute Gasteiger partial charge is 0.507 e. The summed E-state index contributed by atoms with van der Waals surface area (Å²) in [5, 5.41) is 9.34. The Bertz CT molecular complexity index is 700. The Balaban J connectivity index is 2.37. The third-order valence-corrected chi connectivity index (χ3v) is 2.47. The Morgan fingerprint density at radius 1 is 1.28 bits per heavy atom. The molecule has 6 heteroatoms. The van der Waals surface area contributed by atoms with Gasteiger partial charge in [0.15, 0.2) is 6.29 Å². The molecule has 6 nitrogen and oxygen atoms in total. The predicted molar refractivity (Wildman–Crippen MR) is 63.9 cm³/mol. The van der Waals surface area contributed by atoms with Crippen molar-refractivity contribution in [3.8, 4) is 5.75 Å². The lowest BCUT2D eigenvalue weighted by atomic mass is 10.1. The van der Waals surface area contributed by atoms with Gasteiger partial charge >= 0.3 is 5.69 Å². The van der Waals surface area contributed by atoms with E-state index in [1.807, 2.05) is 0 Å². The molecule has 0 spiro atoms. The minimum absolute atomic E-state index is 0.109. The van der Waals surface area contributed by atoms with Gasteiger partial charge in [-0.05, 0) is 17.7 Å². The SMILES string of the molecule is O=Cc1cc(Cn2ccc(=O)[nH]c2=O)ccc1O. The quantitative estimate of drug-likeness (QED) is 0.751. The highest BCUT2D eigenvalue weighted by Crippen LogP contribution is 2.16. The molecule has 1 aromatic heterocycles. The van der Waals surface area contributed by atoms with E-state index in [1.165, 1.54) is 29.0 Å². The van der Waals surface area contributed by atoms with Crippen LogP contribution < -0.4 is 11.2 Å². The Morgan fingerprint density at radius 3 is 2.72 bits per heavy atom. The molecule has 2 N–H and O–H groups in total. The monoisotopic (exact) mass is 246 g/mol. The van der Waals surface area contributed by atoms with Crippen molar-refractivity contribution in [1.29, 1.82) is 0 Å². The van der Waals surface area contributed by atoms with E-state index in [0.717, 1.165) is 0 Å². The second-order valence-corrected chi connectivity index (χ2v) is 3.75. The van der Waals surface area contributed by atoms with E-state index in [9.17, 15) is 19.5 Å². The molecule has 0 aliphatic heterocycles. The molecule has 0 atom stereocenters. The first-order valence-electron chi connectivity index (χ1n) is 5.17. The fourth-order valence-electron chi connectivity index (χ4n) is 1.56. The second-order valence-electron chi connectivity index (χ2n) is 3.75. The molecule has 0 aliphatic carbocycles. The Kier molecular flexibility index (Phi) is 3.09. The van der Waals surface area contributed by atoms with Crippen molar-refractivity contribution in [3.63, 3.8) is 0 Å². The average Bonchev–Trinajstić information content (AvgIpc) is 2.35. The van der Waals surface area contributed by atoms with Crippen molar-refractivity contribution in [2.45, 2.75) is 6.54 Å². The highest BCUT2D eigenvalue weighted by molar-refractivity contribution is 5.79. The number of carbonyl (C=O) groups excluding carboxylic acids is 1. The summed E-state index contributed by atoms with van der Waals surface area (Å²) in [6.07, 6.45) is 1.91. The summed E-state index contributed by atoms with van der Waals surface area (Å²) in [6.45, 7) is 0.205. The topological polar surface area (TPSA) is 92.2 Å². The molecular weight excluding hydrogens is 236 g/mol. The average molecular weight is 246 g/mol. The van der Waals surface area contributed by atoms with Crippen molar-refractivity contribution < 1.29 is 9.90 Å². The number of H-pyrrole nitrogens is 1. The van der Waals surface area contributed by atoms with Gasteiger partial charge in [-0.2, -0.15) is 0 Å². The maximum absolute atomic E-state index is 11.5. The molecule has 0 saturated carbocycles. The van der Waals surface area contributed by atoms with E-state index in [-0.39, 0.29) is 17.9 Å². The van der Waals surface area contributed by atoms with Crippen LogP contribution in [0.1, 0.15) is 15.9 Å². The number of aromatic hydroxyl groups is 1. The molecular formula is C12H10N2O4. The van der Waals surface area contributed by atoms with Crippen molar-refractivity contribution in [2.24, 2.45) is 0 Å². The van der Waals surface area contributed by atoms with Crippen LogP contribution in [-0.4, -0.2) is 20.9 Å². The highest BCUT2D eigenvalue weighted by atomic mass is 16.3. The predicted octanol–water partition coefficient (Wildman–Crippen LogP) is 0.103. The van der Waals surface area contributed by atoms with Gasteiger partial charge in [0.1, 0.15) is 5.75 Å². The van der Waals surface area contributed by atoms with E-state index in [0.29, 0.717) is 11.8 Å². The fraction of sp³-hybridized carbons (Fsp3) is 0.0833. The van der Waals surface area contributed by atoms with Crippen LogP contribution in [0.4, 0.5) is 0 Å². The lowest BCUT2D eigenvalue weighted by molar-refractivity contribution is 0.112. The number of aromatic amines is 1. The first kappa shape index (κ1) is 11.8. The molecule has 0 amide bonds. The van der Waals surface area contributed by atoms with Crippen LogP contribution in [-0.2, 0) is 6.54 Å². The van der Waals surface area contributed by atoms with Gasteiger partial charge in [-0.25, -0.2) is 4.79 Å². The molecule has 92 valence electrons. The molecule has 0 bridgehead atoms. The zero-order valence-corrected chi connectivity index (χ0v) is 9.29. The molecule has 2 aromatic rings. The number of rotatable bonds is 3. The first-order chi connectivity index (χ1) is 8.60. The van der Waals surface area contributed by atoms with Gasteiger partial charge in [0.2, 0.25) is 0 Å². The number of hydrogen-bond donors (Lipinski definition) is 2. The van der Waals surface area contributed by atoms with Crippen LogP contribution in [0.3, 0.4) is 0 Å². The normalized spacial score (nSPS) is 10.2. The van der Waals surface area contributed by atoms with Crippen LogP contribution in [0.5, 0.6) is 5.75 Å². The Morgan fingerprint density at radius 2 is 2.06 bits per heavy atom. The van der Waals surface area contributed by atoms with Gasteiger partial charge in [-0.3, -0.25) is 19.1 Å². The minimum Gasteiger partial charge on any atom is -0.507 e. The molecule has 0 aliphatic rings. The van der Waals surface area contributed by atoms with E-state index in [4.69, 9.17) is 0 Å². The van der Waals surface area contributed by atoms with Crippen LogP contribution >= 0.6 is 0 Å². The summed E-state index contributed by atoms with van der Waals surface area (Å²) in [6, 6.07) is 5.71. The molecule has 1 heterocycles. The lowest BCUT2D eigenvalue weighted by Gasteiger charge is -2.06. The Labute approximate surface area is 101 Å².